The van der Waals surface area contributed by atoms with Gasteiger partial charge in [0.25, 0.3) is 0 Å². The quantitative estimate of drug-likeness (QED) is 0.808. The van der Waals surface area contributed by atoms with E-state index in [9.17, 15) is 0 Å². The van der Waals surface area contributed by atoms with Crippen LogP contribution in [0, 0.1) is 5.92 Å². The van der Waals surface area contributed by atoms with E-state index in [1.165, 1.54) is 16.5 Å². The summed E-state index contributed by atoms with van der Waals surface area (Å²) in [5.74, 6) is 0.652. The van der Waals surface area contributed by atoms with Crippen molar-refractivity contribution in [1.82, 2.24) is 10.3 Å². The number of benzene rings is 1. The minimum absolute atomic E-state index is 0.541. The second-order valence-electron chi connectivity index (χ2n) is 4.70. The summed E-state index contributed by atoms with van der Waals surface area (Å²) < 4.78 is 0. The Balaban J connectivity index is 2.27. The van der Waals surface area contributed by atoms with Crippen molar-refractivity contribution in [1.29, 1.82) is 0 Å². The zero-order valence-electron chi connectivity index (χ0n) is 10.2. The van der Waals surface area contributed by atoms with E-state index in [1.807, 2.05) is 7.05 Å². The highest BCUT2D eigenvalue weighted by molar-refractivity contribution is 5.83. The highest BCUT2D eigenvalue weighted by Crippen LogP contribution is 2.20. The first-order valence-electron chi connectivity index (χ1n) is 5.94. The highest BCUT2D eigenvalue weighted by atomic mass is 14.9. The lowest BCUT2D eigenvalue weighted by Gasteiger charge is -2.19. The Hall–Kier alpha value is -1.28. The first-order chi connectivity index (χ1) is 7.72. The highest BCUT2D eigenvalue weighted by Gasteiger charge is 2.13. The summed E-state index contributed by atoms with van der Waals surface area (Å²) in [6.45, 7) is 4.52. The third kappa shape index (κ3) is 2.12. The van der Waals surface area contributed by atoms with Crippen LogP contribution in [0.1, 0.15) is 19.4 Å². The smallest absolute Gasteiger partial charge is 0.0456 e. The van der Waals surface area contributed by atoms with E-state index in [1.54, 1.807) is 0 Å². The van der Waals surface area contributed by atoms with Crippen molar-refractivity contribution in [2.75, 3.05) is 7.05 Å². The van der Waals surface area contributed by atoms with Crippen molar-refractivity contribution in [3.8, 4) is 0 Å². The average molecular weight is 216 g/mol. The van der Waals surface area contributed by atoms with Gasteiger partial charge in [0.1, 0.15) is 0 Å². The molecule has 0 saturated heterocycles. The van der Waals surface area contributed by atoms with Crippen LogP contribution in [0.4, 0.5) is 0 Å². The van der Waals surface area contributed by atoms with Gasteiger partial charge in [-0.05, 0) is 31.0 Å². The molecule has 0 radical (unpaired) electrons. The Morgan fingerprint density at radius 3 is 2.69 bits per heavy atom. The van der Waals surface area contributed by atoms with Gasteiger partial charge in [-0.15, -0.1) is 0 Å². The monoisotopic (exact) mass is 216 g/mol. The van der Waals surface area contributed by atoms with Crippen LogP contribution in [0.3, 0.4) is 0 Å². The lowest BCUT2D eigenvalue weighted by molar-refractivity contribution is 0.425. The van der Waals surface area contributed by atoms with Gasteiger partial charge in [-0.1, -0.05) is 32.0 Å². The Kier molecular flexibility index (Phi) is 3.30. The van der Waals surface area contributed by atoms with Crippen LogP contribution >= 0.6 is 0 Å². The van der Waals surface area contributed by atoms with Crippen LogP contribution in [0.25, 0.3) is 10.9 Å². The molecule has 2 N–H and O–H groups in total. The number of aromatic nitrogens is 1. The summed E-state index contributed by atoms with van der Waals surface area (Å²) in [6.07, 6.45) is 3.22. The van der Waals surface area contributed by atoms with Crippen molar-refractivity contribution >= 4 is 10.9 Å². The average Bonchev–Trinajstić information content (AvgIpc) is 2.69. The van der Waals surface area contributed by atoms with Crippen molar-refractivity contribution in [3.63, 3.8) is 0 Å². The molecule has 0 fully saturated rings. The maximum absolute atomic E-state index is 3.39. The number of hydrogen-bond acceptors (Lipinski definition) is 1. The number of aromatic amines is 1. The van der Waals surface area contributed by atoms with Crippen molar-refractivity contribution < 1.29 is 0 Å². The number of H-pyrrole nitrogens is 1. The van der Waals surface area contributed by atoms with Crippen LogP contribution in [-0.2, 0) is 6.42 Å². The Morgan fingerprint density at radius 2 is 2.00 bits per heavy atom. The van der Waals surface area contributed by atoms with E-state index in [0.717, 1.165) is 6.42 Å². The minimum Gasteiger partial charge on any atom is -0.361 e. The number of hydrogen-bond donors (Lipinski definition) is 2. The van der Waals surface area contributed by atoms with E-state index in [0.29, 0.717) is 12.0 Å². The molecule has 0 aliphatic rings. The Bertz CT molecular complexity index is 456. The third-order valence-electron chi connectivity index (χ3n) is 3.29. The van der Waals surface area contributed by atoms with Gasteiger partial charge in [0.05, 0.1) is 0 Å². The fourth-order valence-corrected chi connectivity index (χ4v) is 2.21. The van der Waals surface area contributed by atoms with E-state index >= 15 is 0 Å². The molecule has 86 valence electrons. The van der Waals surface area contributed by atoms with Crippen molar-refractivity contribution in [2.45, 2.75) is 26.3 Å². The molecule has 0 saturated carbocycles. The summed E-state index contributed by atoms with van der Waals surface area (Å²) in [6, 6.07) is 9.03. The molecule has 1 atom stereocenters. The molecule has 16 heavy (non-hydrogen) atoms. The number of fused-ring (bicyclic) bond motifs is 1. The Morgan fingerprint density at radius 1 is 1.25 bits per heavy atom. The van der Waals surface area contributed by atoms with Gasteiger partial charge in [-0.2, -0.15) is 0 Å². The van der Waals surface area contributed by atoms with Gasteiger partial charge in [-0.25, -0.2) is 0 Å². The van der Waals surface area contributed by atoms with Crippen LogP contribution in [0.15, 0.2) is 30.5 Å². The zero-order valence-corrected chi connectivity index (χ0v) is 10.2. The molecule has 0 aliphatic carbocycles. The second-order valence-corrected chi connectivity index (χ2v) is 4.70. The lowest BCUT2D eigenvalue weighted by atomic mass is 9.96. The molecule has 0 aliphatic heterocycles. The molecule has 1 heterocycles. The standard InChI is InChI=1S/C14H20N2/c1-10(2)14(15-3)8-11-9-16-13-7-5-4-6-12(11)13/h4-7,9-10,14-16H,8H2,1-3H3. The summed E-state index contributed by atoms with van der Waals surface area (Å²) in [4.78, 5) is 3.33. The van der Waals surface area contributed by atoms with Gasteiger partial charge < -0.3 is 10.3 Å². The van der Waals surface area contributed by atoms with Gasteiger partial charge >= 0.3 is 0 Å². The van der Waals surface area contributed by atoms with Gasteiger partial charge in [0.15, 0.2) is 0 Å². The van der Waals surface area contributed by atoms with Crippen molar-refractivity contribution in [2.24, 2.45) is 5.92 Å². The van der Waals surface area contributed by atoms with Crippen LogP contribution in [0.2, 0.25) is 0 Å². The zero-order chi connectivity index (χ0) is 11.5. The summed E-state index contributed by atoms with van der Waals surface area (Å²) >= 11 is 0. The van der Waals surface area contributed by atoms with E-state index in [2.05, 4.69) is 54.6 Å². The molecule has 1 unspecified atom stereocenters. The number of para-hydroxylation sites is 1. The number of rotatable bonds is 4. The largest absolute Gasteiger partial charge is 0.361 e. The first kappa shape index (κ1) is 11.2. The number of likely N-dealkylation sites (N-methyl/N-ethyl adjacent to an activating group) is 1. The molecule has 0 bridgehead atoms. The molecule has 2 heteroatoms. The minimum atomic E-state index is 0.541. The summed E-state index contributed by atoms with van der Waals surface area (Å²) in [5.41, 5.74) is 2.64. The molecule has 2 nitrogen and oxygen atoms in total. The first-order valence-corrected chi connectivity index (χ1v) is 5.94. The maximum atomic E-state index is 3.39. The van der Waals surface area contributed by atoms with Crippen LogP contribution in [0.5, 0.6) is 0 Å². The predicted molar refractivity (Wildman–Crippen MR) is 69.7 cm³/mol. The maximum Gasteiger partial charge on any atom is 0.0456 e. The molecule has 1 aromatic carbocycles. The normalized spacial score (nSPS) is 13.5. The molecule has 0 spiro atoms. The van der Waals surface area contributed by atoms with Crippen LogP contribution in [-0.4, -0.2) is 18.1 Å². The fourth-order valence-electron chi connectivity index (χ4n) is 2.21. The molecule has 0 amide bonds. The summed E-state index contributed by atoms with van der Waals surface area (Å²) in [5, 5.41) is 4.74. The molecule has 1 aromatic heterocycles. The Labute approximate surface area is 97.1 Å². The number of nitrogens with one attached hydrogen (secondary N) is 2. The van der Waals surface area contributed by atoms with Crippen molar-refractivity contribution in [3.05, 3.63) is 36.0 Å². The molecule has 2 aromatic rings. The molecule has 2 rings (SSSR count). The fraction of sp³-hybridized carbons (Fsp3) is 0.429. The van der Waals surface area contributed by atoms with E-state index < -0.39 is 0 Å². The molecular formula is C14H20N2. The SMILES string of the molecule is CNC(Cc1c[nH]c2ccccc12)C(C)C. The van der Waals surface area contributed by atoms with Crippen LogP contribution < -0.4 is 5.32 Å². The van der Waals surface area contributed by atoms with E-state index in [-0.39, 0.29) is 0 Å². The predicted octanol–water partition coefficient (Wildman–Crippen LogP) is 2.95. The second kappa shape index (κ2) is 4.71. The van der Waals surface area contributed by atoms with Gasteiger partial charge in [-0.3, -0.25) is 0 Å². The molecular weight excluding hydrogens is 196 g/mol. The lowest BCUT2D eigenvalue weighted by Crippen LogP contribution is -2.32. The van der Waals surface area contributed by atoms with E-state index in [4.69, 9.17) is 0 Å². The van der Waals surface area contributed by atoms with Gasteiger partial charge in [0.2, 0.25) is 0 Å². The van der Waals surface area contributed by atoms with Gasteiger partial charge in [0, 0.05) is 23.1 Å². The topological polar surface area (TPSA) is 27.8 Å². The summed E-state index contributed by atoms with van der Waals surface area (Å²) in [7, 11) is 2.04. The third-order valence-corrected chi connectivity index (χ3v) is 3.29.